The maximum absolute atomic E-state index is 4.74. The van der Waals surface area contributed by atoms with E-state index in [1.165, 1.54) is 10.4 Å². The van der Waals surface area contributed by atoms with Crippen molar-refractivity contribution in [3.8, 4) is 0 Å². The largest absolute Gasteiger partial charge is 0.357 e. The lowest BCUT2D eigenvalue weighted by Crippen LogP contribution is -2.44. The van der Waals surface area contributed by atoms with Gasteiger partial charge in [-0.15, -0.1) is 35.3 Å². The van der Waals surface area contributed by atoms with Gasteiger partial charge in [-0.3, -0.25) is 0 Å². The van der Waals surface area contributed by atoms with Gasteiger partial charge in [-0.25, -0.2) is 9.98 Å². The van der Waals surface area contributed by atoms with Crippen molar-refractivity contribution in [1.82, 2.24) is 15.6 Å². The second-order valence-electron chi connectivity index (χ2n) is 6.07. The molecule has 0 amide bonds. The molecule has 1 aromatic heterocycles. The van der Waals surface area contributed by atoms with Gasteiger partial charge in [0.05, 0.1) is 17.2 Å². The fourth-order valence-corrected chi connectivity index (χ4v) is 3.44. The SMILES string of the molecule is CCNC(=NCc1sc(C)nc1C)NC(C)C(C)c1ccccc1.I. The number of thiazole rings is 1. The van der Waals surface area contributed by atoms with Crippen molar-refractivity contribution in [2.75, 3.05) is 6.54 Å². The third kappa shape index (κ3) is 6.58. The highest BCUT2D eigenvalue weighted by molar-refractivity contribution is 14.0. The average molecular weight is 472 g/mol. The molecular weight excluding hydrogens is 443 g/mol. The number of rotatable bonds is 6. The van der Waals surface area contributed by atoms with Gasteiger partial charge in [-0.05, 0) is 33.3 Å². The summed E-state index contributed by atoms with van der Waals surface area (Å²) in [4.78, 5) is 10.4. The van der Waals surface area contributed by atoms with Crippen molar-refractivity contribution in [1.29, 1.82) is 0 Å². The summed E-state index contributed by atoms with van der Waals surface area (Å²) in [6, 6.07) is 10.9. The minimum absolute atomic E-state index is 0. The van der Waals surface area contributed by atoms with Gasteiger partial charge in [0.15, 0.2) is 5.96 Å². The van der Waals surface area contributed by atoms with Crippen LogP contribution in [-0.4, -0.2) is 23.5 Å². The molecule has 0 spiro atoms. The summed E-state index contributed by atoms with van der Waals surface area (Å²) in [5.74, 6) is 1.26. The van der Waals surface area contributed by atoms with Crippen LogP contribution in [0.2, 0.25) is 0 Å². The molecule has 6 heteroatoms. The molecule has 0 aliphatic carbocycles. The first kappa shape index (κ1) is 21.9. The van der Waals surface area contributed by atoms with Crippen LogP contribution in [0.15, 0.2) is 35.3 Å². The van der Waals surface area contributed by atoms with Gasteiger partial charge in [0, 0.05) is 23.4 Å². The molecule has 0 aliphatic heterocycles. The highest BCUT2D eigenvalue weighted by Gasteiger charge is 2.15. The molecule has 0 bridgehead atoms. The molecule has 0 aliphatic rings. The Bertz CT molecular complexity index is 669. The monoisotopic (exact) mass is 472 g/mol. The molecule has 25 heavy (non-hydrogen) atoms. The zero-order valence-corrected chi connectivity index (χ0v) is 18.8. The summed E-state index contributed by atoms with van der Waals surface area (Å²) >= 11 is 1.72. The minimum atomic E-state index is 0. The minimum Gasteiger partial charge on any atom is -0.357 e. The van der Waals surface area contributed by atoms with E-state index in [0.717, 1.165) is 23.2 Å². The topological polar surface area (TPSA) is 49.3 Å². The number of guanidine groups is 1. The van der Waals surface area contributed by atoms with E-state index in [-0.39, 0.29) is 30.0 Å². The summed E-state index contributed by atoms with van der Waals surface area (Å²) in [6.45, 7) is 12.1. The van der Waals surface area contributed by atoms with E-state index < -0.39 is 0 Å². The Morgan fingerprint density at radius 2 is 1.88 bits per heavy atom. The second-order valence-corrected chi connectivity index (χ2v) is 7.36. The number of nitrogens with one attached hydrogen (secondary N) is 2. The van der Waals surface area contributed by atoms with E-state index in [2.05, 4.69) is 73.6 Å². The Balaban J connectivity index is 0.00000312. The molecule has 0 saturated carbocycles. The lowest BCUT2D eigenvalue weighted by Gasteiger charge is -2.24. The predicted octanol–water partition coefficient (Wildman–Crippen LogP) is 4.63. The van der Waals surface area contributed by atoms with Crippen molar-refractivity contribution in [3.05, 3.63) is 51.5 Å². The van der Waals surface area contributed by atoms with Gasteiger partial charge in [0.25, 0.3) is 0 Å². The molecule has 2 aromatic rings. The van der Waals surface area contributed by atoms with Crippen molar-refractivity contribution in [3.63, 3.8) is 0 Å². The molecule has 2 N–H and O–H groups in total. The summed E-state index contributed by atoms with van der Waals surface area (Å²) in [5.41, 5.74) is 2.42. The number of nitrogens with zero attached hydrogens (tertiary/aromatic N) is 2. The molecule has 138 valence electrons. The Morgan fingerprint density at radius 3 is 2.44 bits per heavy atom. The summed E-state index contributed by atoms with van der Waals surface area (Å²) in [6.07, 6.45) is 0. The number of aryl methyl sites for hydroxylation is 2. The van der Waals surface area contributed by atoms with Crippen molar-refractivity contribution >= 4 is 41.3 Å². The van der Waals surface area contributed by atoms with Crippen LogP contribution in [0.4, 0.5) is 0 Å². The fourth-order valence-electron chi connectivity index (χ4n) is 2.58. The first-order valence-corrected chi connectivity index (χ1v) is 9.35. The van der Waals surface area contributed by atoms with Crippen molar-refractivity contribution in [2.24, 2.45) is 4.99 Å². The van der Waals surface area contributed by atoms with Crippen LogP contribution < -0.4 is 10.6 Å². The first-order chi connectivity index (χ1) is 11.5. The molecular formula is C19H29IN4S. The van der Waals surface area contributed by atoms with Gasteiger partial charge in [0.1, 0.15) is 0 Å². The number of aromatic nitrogens is 1. The van der Waals surface area contributed by atoms with Crippen LogP contribution in [-0.2, 0) is 6.54 Å². The number of aliphatic imine (C=N–C) groups is 1. The van der Waals surface area contributed by atoms with Crippen LogP contribution in [0, 0.1) is 13.8 Å². The number of benzene rings is 1. The molecule has 1 heterocycles. The van der Waals surface area contributed by atoms with Crippen LogP contribution in [0.1, 0.15) is 47.8 Å². The van der Waals surface area contributed by atoms with E-state index >= 15 is 0 Å². The summed E-state index contributed by atoms with van der Waals surface area (Å²) in [5, 5.41) is 7.97. The second kappa shape index (κ2) is 10.8. The van der Waals surface area contributed by atoms with Gasteiger partial charge in [0.2, 0.25) is 0 Å². The highest BCUT2D eigenvalue weighted by atomic mass is 127. The zero-order chi connectivity index (χ0) is 17.5. The molecule has 4 nitrogen and oxygen atoms in total. The molecule has 1 aromatic carbocycles. The quantitative estimate of drug-likeness (QED) is 0.366. The lowest BCUT2D eigenvalue weighted by molar-refractivity contribution is 0.550. The van der Waals surface area contributed by atoms with E-state index in [1.807, 2.05) is 6.92 Å². The number of hydrogen-bond acceptors (Lipinski definition) is 3. The van der Waals surface area contributed by atoms with E-state index in [0.29, 0.717) is 12.5 Å². The van der Waals surface area contributed by atoms with E-state index in [9.17, 15) is 0 Å². The van der Waals surface area contributed by atoms with Crippen molar-refractivity contribution in [2.45, 2.75) is 53.1 Å². The number of halogens is 1. The van der Waals surface area contributed by atoms with Crippen LogP contribution >= 0.6 is 35.3 Å². The molecule has 2 rings (SSSR count). The normalized spacial score (nSPS) is 13.7. The van der Waals surface area contributed by atoms with Gasteiger partial charge < -0.3 is 10.6 Å². The summed E-state index contributed by atoms with van der Waals surface area (Å²) in [7, 11) is 0. The van der Waals surface area contributed by atoms with Gasteiger partial charge >= 0.3 is 0 Å². The predicted molar refractivity (Wildman–Crippen MR) is 119 cm³/mol. The van der Waals surface area contributed by atoms with E-state index in [4.69, 9.17) is 4.99 Å². The van der Waals surface area contributed by atoms with Gasteiger partial charge in [-0.2, -0.15) is 0 Å². The first-order valence-electron chi connectivity index (χ1n) is 8.54. The zero-order valence-electron chi connectivity index (χ0n) is 15.7. The molecule has 0 radical (unpaired) electrons. The highest BCUT2D eigenvalue weighted by Crippen LogP contribution is 2.19. The number of hydrogen-bond donors (Lipinski definition) is 2. The molecule has 0 saturated heterocycles. The van der Waals surface area contributed by atoms with Crippen LogP contribution in [0.5, 0.6) is 0 Å². The Hall–Kier alpha value is -1.15. The fraction of sp³-hybridized carbons (Fsp3) is 0.474. The standard InChI is InChI=1S/C19H28N4S.HI/c1-6-20-19(21-12-18-15(4)22-16(5)24-18)23-14(3)13(2)17-10-8-7-9-11-17;/h7-11,13-14H,6,12H2,1-5H3,(H2,20,21,23);1H. The van der Waals surface area contributed by atoms with Crippen LogP contribution in [0.25, 0.3) is 0 Å². The smallest absolute Gasteiger partial charge is 0.191 e. The molecule has 0 fully saturated rings. The molecule has 2 atom stereocenters. The summed E-state index contributed by atoms with van der Waals surface area (Å²) < 4.78 is 0. The Kier molecular flexibility index (Phi) is 9.42. The Morgan fingerprint density at radius 1 is 1.20 bits per heavy atom. The maximum Gasteiger partial charge on any atom is 0.191 e. The third-order valence-corrected chi connectivity index (χ3v) is 5.22. The molecule has 2 unspecified atom stereocenters. The van der Waals surface area contributed by atoms with Crippen LogP contribution in [0.3, 0.4) is 0 Å². The Labute approximate surface area is 172 Å². The van der Waals surface area contributed by atoms with Crippen molar-refractivity contribution < 1.29 is 0 Å². The average Bonchev–Trinajstić information content (AvgIpc) is 2.90. The van der Waals surface area contributed by atoms with E-state index in [1.54, 1.807) is 11.3 Å². The maximum atomic E-state index is 4.74. The third-order valence-electron chi connectivity index (χ3n) is 4.16. The van der Waals surface area contributed by atoms with Gasteiger partial charge in [-0.1, -0.05) is 37.3 Å². The lowest BCUT2D eigenvalue weighted by atomic mass is 9.94.